The molecule has 76 valence electrons. The van der Waals surface area contributed by atoms with Crippen LogP contribution in [-0.4, -0.2) is 18.5 Å². The normalized spacial score (nSPS) is 20.5. The van der Waals surface area contributed by atoms with Crippen LogP contribution in [0.1, 0.15) is 46.0 Å². The van der Waals surface area contributed by atoms with Crippen LogP contribution in [0.4, 0.5) is 0 Å². The van der Waals surface area contributed by atoms with Gasteiger partial charge in [-0.05, 0) is 25.7 Å². The van der Waals surface area contributed by atoms with Gasteiger partial charge >= 0.3 is 0 Å². The summed E-state index contributed by atoms with van der Waals surface area (Å²) in [6.07, 6.45) is 5.40. The molecule has 1 atom stereocenters. The standard InChI is InChI=1S/C11H20O2/c1-3-10(12)11(13-4-2)9-7-5-6-8-9/h9,11H,3-8H2,1-2H3. The van der Waals surface area contributed by atoms with Crippen molar-refractivity contribution >= 4 is 5.78 Å². The second kappa shape index (κ2) is 5.38. The predicted molar refractivity (Wildman–Crippen MR) is 52.7 cm³/mol. The maximum absolute atomic E-state index is 11.6. The van der Waals surface area contributed by atoms with E-state index in [2.05, 4.69) is 0 Å². The fourth-order valence-corrected chi connectivity index (χ4v) is 2.13. The van der Waals surface area contributed by atoms with Crippen molar-refractivity contribution in [2.24, 2.45) is 5.92 Å². The van der Waals surface area contributed by atoms with Gasteiger partial charge < -0.3 is 4.74 Å². The van der Waals surface area contributed by atoms with Crippen LogP contribution >= 0.6 is 0 Å². The van der Waals surface area contributed by atoms with Gasteiger partial charge in [0.05, 0.1) is 0 Å². The molecule has 0 N–H and O–H groups in total. The van der Waals surface area contributed by atoms with Gasteiger partial charge in [-0.25, -0.2) is 0 Å². The SMILES string of the molecule is CCOC(C(=O)CC)C1CCCC1. The average Bonchev–Trinajstić information content (AvgIpc) is 2.65. The number of hydrogen-bond donors (Lipinski definition) is 0. The molecule has 1 aliphatic rings. The number of ether oxygens (including phenoxy) is 1. The highest BCUT2D eigenvalue weighted by molar-refractivity contribution is 5.83. The van der Waals surface area contributed by atoms with Gasteiger partial charge in [0, 0.05) is 13.0 Å². The van der Waals surface area contributed by atoms with Crippen LogP contribution in [0, 0.1) is 5.92 Å². The third-order valence-electron chi connectivity index (χ3n) is 2.84. The van der Waals surface area contributed by atoms with Crippen molar-refractivity contribution in [3.05, 3.63) is 0 Å². The Bertz CT molecular complexity index is 159. The van der Waals surface area contributed by atoms with Crippen LogP contribution in [0.5, 0.6) is 0 Å². The van der Waals surface area contributed by atoms with Gasteiger partial charge in [0.25, 0.3) is 0 Å². The lowest BCUT2D eigenvalue weighted by Crippen LogP contribution is -2.30. The molecule has 1 fully saturated rings. The van der Waals surface area contributed by atoms with Gasteiger partial charge in [0.15, 0.2) is 5.78 Å². The van der Waals surface area contributed by atoms with Gasteiger partial charge in [-0.1, -0.05) is 19.8 Å². The van der Waals surface area contributed by atoms with Crippen LogP contribution in [0.15, 0.2) is 0 Å². The van der Waals surface area contributed by atoms with E-state index in [1.54, 1.807) is 0 Å². The maximum Gasteiger partial charge on any atom is 0.161 e. The molecule has 0 radical (unpaired) electrons. The highest BCUT2D eigenvalue weighted by Gasteiger charge is 2.29. The van der Waals surface area contributed by atoms with Crippen molar-refractivity contribution in [3.8, 4) is 0 Å². The summed E-state index contributed by atoms with van der Waals surface area (Å²) in [5.74, 6) is 0.793. The average molecular weight is 184 g/mol. The zero-order chi connectivity index (χ0) is 9.68. The van der Waals surface area contributed by atoms with Crippen molar-refractivity contribution in [2.75, 3.05) is 6.61 Å². The summed E-state index contributed by atoms with van der Waals surface area (Å²) in [4.78, 5) is 11.6. The van der Waals surface area contributed by atoms with Crippen LogP contribution in [-0.2, 0) is 9.53 Å². The molecule has 0 saturated heterocycles. The second-order valence-electron chi connectivity index (χ2n) is 3.74. The first kappa shape index (κ1) is 10.7. The molecule has 0 aliphatic heterocycles. The van der Waals surface area contributed by atoms with Crippen molar-refractivity contribution in [1.82, 2.24) is 0 Å². The van der Waals surface area contributed by atoms with Crippen molar-refractivity contribution in [2.45, 2.75) is 52.1 Å². The minimum Gasteiger partial charge on any atom is -0.370 e. The summed E-state index contributed by atoms with van der Waals surface area (Å²) in [6, 6.07) is 0. The molecular weight excluding hydrogens is 164 g/mol. The Hall–Kier alpha value is -0.370. The molecule has 1 unspecified atom stereocenters. The molecule has 0 heterocycles. The lowest BCUT2D eigenvalue weighted by atomic mass is 9.96. The molecule has 0 spiro atoms. The topological polar surface area (TPSA) is 26.3 Å². The Labute approximate surface area is 80.7 Å². The summed E-state index contributed by atoms with van der Waals surface area (Å²) >= 11 is 0. The van der Waals surface area contributed by atoms with Crippen LogP contribution < -0.4 is 0 Å². The molecule has 1 saturated carbocycles. The summed E-state index contributed by atoms with van der Waals surface area (Å²) in [7, 11) is 0. The third kappa shape index (κ3) is 2.80. The Kier molecular flexibility index (Phi) is 4.43. The second-order valence-corrected chi connectivity index (χ2v) is 3.74. The molecule has 0 amide bonds. The monoisotopic (exact) mass is 184 g/mol. The van der Waals surface area contributed by atoms with E-state index in [0.29, 0.717) is 18.9 Å². The Morgan fingerprint density at radius 3 is 2.46 bits per heavy atom. The van der Waals surface area contributed by atoms with Crippen LogP contribution in [0.2, 0.25) is 0 Å². The Morgan fingerprint density at radius 1 is 1.38 bits per heavy atom. The first-order valence-corrected chi connectivity index (χ1v) is 5.43. The molecule has 1 rings (SSSR count). The zero-order valence-electron chi connectivity index (χ0n) is 8.71. The number of carbonyl (C=O) groups is 1. The van der Waals surface area contributed by atoms with E-state index in [0.717, 1.165) is 0 Å². The molecule has 1 aliphatic carbocycles. The van der Waals surface area contributed by atoms with Gasteiger partial charge in [-0.2, -0.15) is 0 Å². The van der Waals surface area contributed by atoms with Crippen molar-refractivity contribution < 1.29 is 9.53 Å². The fourth-order valence-electron chi connectivity index (χ4n) is 2.13. The highest BCUT2D eigenvalue weighted by Crippen LogP contribution is 2.30. The number of ketones is 1. The first-order valence-electron chi connectivity index (χ1n) is 5.43. The van der Waals surface area contributed by atoms with E-state index in [9.17, 15) is 4.79 Å². The van der Waals surface area contributed by atoms with E-state index < -0.39 is 0 Å². The predicted octanol–water partition coefficient (Wildman–Crippen LogP) is 2.56. The van der Waals surface area contributed by atoms with Crippen molar-refractivity contribution in [3.63, 3.8) is 0 Å². The third-order valence-corrected chi connectivity index (χ3v) is 2.84. The van der Waals surface area contributed by atoms with E-state index >= 15 is 0 Å². The van der Waals surface area contributed by atoms with Gasteiger partial charge in [-0.15, -0.1) is 0 Å². The number of carbonyl (C=O) groups excluding carboxylic acids is 1. The number of Topliss-reactive ketones (excluding diaryl/α,β-unsaturated/α-hetero) is 1. The van der Waals surface area contributed by atoms with Gasteiger partial charge in [0.2, 0.25) is 0 Å². The largest absolute Gasteiger partial charge is 0.370 e. The van der Waals surface area contributed by atoms with Crippen molar-refractivity contribution in [1.29, 1.82) is 0 Å². The molecule has 2 nitrogen and oxygen atoms in total. The molecular formula is C11H20O2. The van der Waals surface area contributed by atoms with E-state index in [-0.39, 0.29) is 11.9 Å². The summed E-state index contributed by atoms with van der Waals surface area (Å²) in [5.41, 5.74) is 0. The Morgan fingerprint density at radius 2 is 2.00 bits per heavy atom. The minimum absolute atomic E-state index is 0.0995. The molecule has 0 bridgehead atoms. The first-order chi connectivity index (χ1) is 6.29. The van der Waals surface area contributed by atoms with E-state index in [1.807, 2.05) is 13.8 Å². The van der Waals surface area contributed by atoms with E-state index in [4.69, 9.17) is 4.74 Å². The lowest BCUT2D eigenvalue weighted by molar-refractivity contribution is -0.133. The zero-order valence-corrected chi connectivity index (χ0v) is 8.71. The van der Waals surface area contributed by atoms with Gasteiger partial charge in [-0.3, -0.25) is 4.79 Å². The van der Waals surface area contributed by atoms with Gasteiger partial charge in [0.1, 0.15) is 6.10 Å². The van der Waals surface area contributed by atoms with E-state index in [1.165, 1.54) is 25.7 Å². The maximum atomic E-state index is 11.6. The molecule has 13 heavy (non-hydrogen) atoms. The number of rotatable bonds is 5. The minimum atomic E-state index is -0.0995. The summed E-state index contributed by atoms with van der Waals surface area (Å²) in [5, 5.41) is 0. The van der Waals surface area contributed by atoms with Crippen LogP contribution in [0.25, 0.3) is 0 Å². The highest BCUT2D eigenvalue weighted by atomic mass is 16.5. The summed E-state index contributed by atoms with van der Waals surface area (Å²) < 4.78 is 5.53. The smallest absolute Gasteiger partial charge is 0.161 e. The Balaban J connectivity index is 2.49. The lowest BCUT2D eigenvalue weighted by Gasteiger charge is -2.21. The van der Waals surface area contributed by atoms with Crippen LogP contribution in [0.3, 0.4) is 0 Å². The molecule has 2 heteroatoms. The summed E-state index contributed by atoms with van der Waals surface area (Å²) in [6.45, 7) is 4.54. The fraction of sp³-hybridized carbons (Fsp3) is 0.909. The quantitative estimate of drug-likeness (QED) is 0.656. The molecule has 0 aromatic carbocycles. The number of hydrogen-bond acceptors (Lipinski definition) is 2. The molecule has 0 aromatic rings. The molecule has 0 aromatic heterocycles.